The van der Waals surface area contributed by atoms with E-state index in [2.05, 4.69) is 20.2 Å². The quantitative estimate of drug-likeness (QED) is 0.892. The summed E-state index contributed by atoms with van der Waals surface area (Å²) in [6.07, 6.45) is 0. The summed E-state index contributed by atoms with van der Waals surface area (Å²) < 4.78 is 26.5. The number of amides is 2. The first kappa shape index (κ1) is 18.8. The van der Waals surface area contributed by atoms with Gasteiger partial charge >= 0.3 is 6.03 Å². The van der Waals surface area contributed by atoms with Crippen molar-refractivity contribution in [2.75, 3.05) is 55.4 Å². The van der Waals surface area contributed by atoms with Crippen molar-refractivity contribution in [1.29, 1.82) is 0 Å². The summed E-state index contributed by atoms with van der Waals surface area (Å²) in [5.74, 6) is 0.866. The summed E-state index contributed by atoms with van der Waals surface area (Å²) in [4.78, 5) is 26.8. The summed E-state index contributed by atoms with van der Waals surface area (Å²) in [6.45, 7) is 4.01. The molecule has 0 spiro atoms. The van der Waals surface area contributed by atoms with Gasteiger partial charge in [-0.3, -0.25) is 0 Å². The molecule has 0 unspecified atom stereocenters. The summed E-state index contributed by atoms with van der Waals surface area (Å²) in [5.41, 5.74) is 0.0991. The zero-order valence-electron chi connectivity index (χ0n) is 15.5. The van der Waals surface area contributed by atoms with Gasteiger partial charge in [-0.05, 0) is 19.1 Å². The summed E-state index contributed by atoms with van der Waals surface area (Å²) in [7, 11) is 3.84. The molecule has 2 amide bonds. The van der Waals surface area contributed by atoms with Crippen LogP contribution >= 0.6 is 0 Å². The zero-order chi connectivity index (χ0) is 19.6. The molecule has 1 aliphatic rings. The average molecular weight is 376 g/mol. The lowest BCUT2D eigenvalue weighted by Gasteiger charge is -2.35. The number of piperazine rings is 1. The predicted octanol–water partition coefficient (Wildman–Crippen LogP) is 2.48. The molecule has 1 aliphatic heterocycles. The number of hydrogen-bond acceptors (Lipinski definition) is 5. The zero-order valence-corrected chi connectivity index (χ0v) is 15.5. The van der Waals surface area contributed by atoms with Crippen molar-refractivity contribution in [2.45, 2.75) is 6.92 Å². The van der Waals surface area contributed by atoms with Crippen LogP contribution in [-0.4, -0.2) is 61.2 Å². The number of hydrogen-bond donors (Lipinski definition) is 1. The SMILES string of the molecule is Cc1nc(N(C)C)cc(N2CCN(C(=O)Nc3cc(F)cc(F)c3)CC2)n1. The third-order valence-corrected chi connectivity index (χ3v) is 4.27. The highest BCUT2D eigenvalue weighted by atomic mass is 19.1. The molecule has 0 aliphatic carbocycles. The average Bonchev–Trinajstić information content (AvgIpc) is 2.60. The Morgan fingerprint density at radius 2 is 1.67 bits per heavy atom. The maximum Gasteiger partial charge on any atom is 0.321 e. The van der Waals surface area contributed by atoms with E-state index in [-0.39, 0.29) is 11.7 Å². The number of urea groups is 1. The van der Waals surface area contributed by atoms with Crippen molar-refractivity contribution < 1.29 is 13.6 Å². The van der Waals surface area contributed by atoms with Gasteiger partial charge in [-0.2, -0.15) is 0 Å². The van der Waals surface area contributed by atoms with E-state index in [1.807, 2.05) is 32.0 Å². The molecule has 7 nitrogen and oxygen atoms in total. The van der Waals surface area contributed by atoms with Gasteiger partial charge in [0.2, 0.25) is 0 Å². The van der Waals surface area contributed by atoms with Crippen LogP contribution in [0.15, 0.2) is 24.3 Å². The van der Waals surface area contributed by atoms with Crippen LogP contribution in [0.4, 0.5) is 30.9 Å². The Hall–Kier alpha value is -2.97. The van der Waals surface area contributed by atoms with Crippen molar-refractivity contribution in [1.82, 2.24) is 14.9 Å². The Morgan fingerprint density at radius 3 is 2.26 bits per heavy atom. The van der Waals surface area contributed by atoms with E-state index in [1.54, 1.807) is 4.90 Å². The third-order valence-electron chi connectivity index (χ3n) is 4.27. The molecule has 1 fully saturated rings. The first-order valence-corrected chi connectivity index (χ1v) is 8.62. The Balaban J connectivity index is 1.62. The first-order chi connectivity index (χ1) is 12.8. The fourth-order valence-electron chi connectivity index (χ4n) is 2.89. The fraction of sp³-hybridized carbons (Fsp3) is 0.389. The van der Waals surface area contributed by atoms with Crippen LogP contribution in [0.25, 0.3) is 0 Å². The molecule has 0 saturated carbocycles. The number of carbonyl (C=O) groups excluding carboxylic acids is 1. The molecular weight excluding hydrogens is 354 g/mol. The predicted molar refractivity (Wildman–Crippen MR) is 100 cm³/mol. The lowest BCUT2D eigenvalue weighted by Crippen LogP contribution is -2.50. The fourth-order valence-corrected chi connectivity index (χ4v) is 2.89. The van der Waals surface area contributed by atoms with Crippen molar-refractivity contribution in [2.24, 2.45) is 0 Å². The molecule has 1 N–H and O–H groups in total. The smallest absolute Gasteiger partial charge is 0.321 e. The van der Waals surface area contributed by atoms with Gasteiger partial charge in [-0.1, -0.05) is 0 Å². The van der Waals surface area contributed by atoms with Crippen LogP contribution in [-0.2, 0) is 0 Å². The number of halogens is 2. The van der Waals surface area contributed by atoms with Crippen LogP contribution < -0.4 is 15.1 Å². The second kappa shape index (κ2) is 7.73. The Kier molecular flexibility index (Phi) is 5.38. The Morgan fingerprint density at radius 1 is 1.04 bits per heavy atom. The standard InChI is InChI=1S/C18H22F2N6O/c1-12-21-16(24(2)3)11-17(22-12)25-4-6-26(7-5-25)18(27)23-15-9-13(19)8-14(20)10-15/h8-11H,4-7H2,1-3H3,(H,23,27). The van der Waals surface area contributed by atoms with E-state index in [1.165, 1.54) is 0 Å². The highest BCUT2D eigenvalue weighted by Gasteiger charge is 2.23. The molecule has 144 valence electrons. The Bertz CT molecular complexity index is 816. The van der Waals surface area contributed by atoms with Gasteiger partial charge in [-0.15, -0.1) is 0 Å². The molecule has 1 saturated heterocycles. The van der Waals surface area contributed by atoms with Gasteiger partial charge in [0.15, 0.2) is 0 Å². The largest absolute Gasteiger partial charge is 0.363 e. The van der Waals surface area contributed by atoms with Gasteiger partial charge in [0, 0.05) is 58.1 Å². The maximum atomic E-state index is 13.3. The Labute approximate surface area is 156 Å². The van der Waals surface area contributed by atoms with Crippen molar-refractivity contribution in [3.8, 4) is 0 Å². The molecular formula is C18H22F2N6O. The van der Waals surface area contributed by atoms with Crippen molar-refractivity contribution >= 4 is 23.4 Å². The molecule has 0 atom stereocenters. The van der Waals surface area contributed by atoms with Gasteiger partial charge in [0.1, 0.15) is 29.1 Å². The maximum absolute atomic E-state index is 13.3. The normalized spacial score (nSPS) is 14.3. The highest BCUT2D eigenvalue weighted by molar-refractivity contribution is 5.89. The van der Waals surface area contributed by atoms with Gasteiger partial charge in [0.25, 0.3) is 0 Å². The molecule has 0 bridgehead atoms. The summed E-state index contributed by atoms with van der Waals surface area (Å²) >= 11 is 0. The third kappa shape index (κ3) is 4.60. The van der Waals surface area contributed by atoms with E-state index in [4.69, 9.17) is 0 Å². The monoisotopic (exact) mass is 376 g/mol. The molecule has 3 rings (SSSR count). The second-order valence-electron chi connectivity index (χ2n) is 6.59. The molecule has 9 heteroatoms. The number of benzene rings is 1. The minimum atomic E-state index is -0.731. The minimum Gasteiger partial charge on any atom is -0.363 e. The van der Waals surface area contributed by atoms with Gasteiger partial charge in [-0.25, -0.2) is 23.5 Å². The van der Waals surface area contributed by atoms with Crippen molar-refractivity contribution in [3.63, 3.8) is 0 Å². The van der Waals surface area contributed by atoms with Gasteiger partial charge < -0.3 is 20.0 Å². The topological polar surface area (TPSA) is 64.6 Å². The number of carbonyl (C=O) groups is 1. The molecule has 0 radical (unpaired) electrons. The van der Waals surface area contributed by atoms with E-state index >= 15 is 0 Å². The first-order valence-electron chi connectivity index (χ1n) is 8.62. The number of anilines is 3. The van der Waals surface area contributed by atoms with Gasteiger partial charge in [0.05, 0.1) is 0 Å². The minimum absolute atomic E-state index is 0.0991. The molecule has 1 aromatic heterocycles. The number of aryl methyl sites for hydroxylation is 1. The van der Waals surface area contributed by atoms with E-state index < -0.39 is 11.6 Å². The molecule has 2 heterocycles. The summed E-state index contributed by atoms with van der Waals surface area (Å²) in [5, 5.41) is 2.54. The summed E-state index contributed by atoms with van der Waals surface area (Å²) in [6, 6.07) is 4.47. The molecule has 27 heavy (non-hydrogen) atoms. The lowest BCUT2D eigenvalue weighted by atomic mass is 10.3. The van der Waals surface area contributed by atoms with E-state index in [0.717, 1.165) is 29.8 Å². The number of aromatic nitrogens is 2. The lowest BCUT2D eigenvalue weighted by molar-refractivity contribution is 0.208. The molecule has 2 aromatic rings. The van der Waals surface area contributed by atoms with Crippen LogP contribution in [0.1, 0.15) is 5.82 Å². The number of nitrogens with one attached hydrogen (secondary N) is 1. The number of rotatable bonds is 3. The van der Waals surface area contributed by atoms with Crippen LogP contribution in [0.5, 0.6) is 0 Å². The van der Waals surface area contributed by atoms with E-state index in [9.17, 15) is 13.6 Å². The van der Waals surface area contributed by atoms with Crippen LogP contribution in [0.3, 0.4) is 0 Å². The second-order valence-corrected chi connectivity index (χ2v) is 6.59. The highest BCUT2D eigenvalue weighted by Crippen LogP contribution is 2.20. The van der Waals surface area contributed by atoms with Crippen LogP contribution in [0.2, 0.25) is 0 Å². The van der Waals surface area contributed by atoms with Crippen molar-refractivity contribution in [3.05, 3.63) is 41.7 Å². The molecule has 1 aromatic carbocycles. The van der Waals surface area contributed by atoms with Crippen LogP contribution in [0, 0.1) is 18.6 Å². The van der Waals surface area contributed by atoms with E-state index in [0.29, 0.717) is 32.0 Å². The number of nitrogens with zero attached hydrogens (tertiary/aromatic N) is 5.